The third kappa shape index (κ3) is 4.93. The Morgan fingerprint density at radius 2 is 1.91 bits per heavy atom. The molecule has 4 aliphatic rings. The Kier molecular flexibility index (Phi) is 7.74. The van der Waals surface area contributed by atoms with E-state index >= 15 is 0 Å². The van der Waals surface area contributed by atoms with Crippen LogP contribution < -0.4 is 0 Å². The molecule has 188 valence electrons. The molecule has 0 aromatic rings. The molecule has 0 aliphatic heterocycles. The maximum Gasteiger partial charge on any atom is 0.141 e. The van der Waals surface area contributed by atoms with Crippen LogP contribution >= 0.6 is 0 Å². The topological polar surface area (TPSA) is 57.5 Å². The fourth-order valence-electron chi connectivity index (χ4n) is 7.49. The molecule has 0 saturated heterocycles. The van der Waals surface area contributed by atoms with E-state index in [1.165, 1.54) is 43.3 Å². The average molecular weight is 467 g/mol. The molecule has 3 heteroatoms. The molecule has 3 nitrogen and oxygen atoms in total. The van der Waals surface area contributed by atoms with Crippen molar-refractivity contribution in [3.8, 4) is 0 Å². The number of ketones is 1. The second-order valence-electron chi connectivity index (χ2n) is 12.0. The molecule has 0 heterocycles. The third-order valence-corrected chi connectivity index (χ3v) is 9.84. The summed E-state index contributed by atoms with van der Waals surface area (Å²) in [7, 11) is 0. The first-order chi connectivity index (χ1) is 16.2. The fourth-order valence-corrected chi connectivity index (χ4v) is 7.49. The van der Waals surface area contributed by atoms with Crippen LogP contribution in [0.3, 0.4) is 0 Å². The zero-order valence-corrected chi connectivity index (χ0v) is 21.7. The summed E-state index contributed by atoms with van der Waals surface area (Å²) in [6, 6.07) is 0. The second-order valence-corrected chi connectivity index (χ2v) is 12.0. The van der Waals surface area contributed by atoms with Crippen molar-refractivity contribution < 1.29 is 15.0 Å². The van der Waals surface area contributed by atoms with E-state index in [-0.39, 0.29) is 17.3 Å². The van der Waals surface area contributed by atoms with E-state index in [9.17, 15) is 15.0 Å². The summed E-state index contributed by atoms with van der Waals surface area (Å²) in [5, 5.41) is 20.9. The quantitative estimate of drug-likeness (QED) is 0.384. The van der Waals surface area contributed by atoms with Crippen LogP contribution in [0.4, 0.5) is 0 Å². The summed E-state index contributed by atoms with van der Waals surface area (Å²) >= 11 is 0. The lowest BCUT2D eigenvalue weighted by Gasteiger charge is -2.44. The molecule has 0 unspecified atom stereocenters. The van der Waals surface area contributed by atoms with Gasteiger partial charge in [-0.2, -0.15) is 0 Å². The van der Waals surface area contributed by atoms with E-state index in [0.29, 0.717) is 24.2 Å². The molecule has 0 aromatic heterocycles. The van der Waals surface area contributed by atoms with Gasteiger partial charge >= 0.3 is 0 Å². The van der Waals surface area contributed by atoms with Crippen LogP contribution in [-0.4, -0.2) is 28.2 Å². The molecule has 0 aromatic carbocycles. The van der Waals surface area contributed by atoms with Gasteiger partial charge in [-0.15, -0.1) is 0 Å². The van der Waals surface area contributed by atoms with Crippen molar-refractivity contribution in [1.29, 1.82) is 0 Å². The summed E-state index contributed by atoms with van der Waals surface area (Å²) < 4.78 is 0. The lowest BCUT2D eigenvalue weighted by Crippen LogP contribution is -2.35. The van der Waals surface area contributed by atoms with Gasteiger partial charge in [0.2, 0.25) is 0 Å². The molecule has 6 atom stereocenters. The summed E-state index contributed by atoms with van der Waals surface area (Å²) in [5.74, 6) is 1.86. The second kappa shape index (κ2) is 10.3. The number of allylic oxidation sites excluding steroid dienone is 5. The number of hydrogen-bond acceptors (Lipinski definition) is 3. The van der Waals surface area contributed by atoms with Crippen molar-refractivity contribution in [2.24, 2.45) is 28.6 Å². The monoisotopic (exact) mass is 466 g/mol. The Hall–Kier alpha value is -1.45. The van der Waals surface area contributed by atoms with E-state index in [0.717, 1.165) is 38.5 Å². The van der Waals surface area contributed by atoms with Gasteiger partial charge in [0.15, 0.2) is 0 Å². The molecule has 0 bridgehead atoms. The number of aliphatic hydroxyl groups excluding tert-OH is 2. The van der Waals surface area contributed by atoms with Gasteiger partial charge in [-0.3, -0.25) is 4.79 Å². The summed E-state index contributed by atoms with van der Waals surface area (Å²) in [6.45, 7) is 11.1. The molecular weight excluding hydrogens is 420 g/mol. The van der Waals surface area contributed by atoms with Crippen molar-refractivity contribution in [3.05, 3.63) is 47.6 Å². The van der Waals surface area contributed by atoms with Crippen LogP contribution in [0.1, 0.15) is 97.8 Å². The molecule has 0 radical (unpaired) electrons. The lowest BCUT2D eigenvalue weighted by atomic mass is 9.61. The predicted molar refractivity (Wildman–Crippen MR) is 139 cm³/mol. The number of hydrogen-bond donors (Lipinski definition) is 2. The van der Waals surface area contributed by atoms with Gasteiger partial charge in [-0.1, -0.05) is 62.8 Å². The zero-order chi connectivity index (χ0) is 24.5. The highest BCUT2D eigenvalue weighted by Gasteiger charge is 2.54. The van der Waals surface area contributed by atoms with Crippen molar-refractivity contribution in [1.82, 2.24) is 0 Å². The van der Waals surface area contributed by atoms with Crippen LogP contribution in [0.15, 0.2) is 47.6 Å². The largest absolute Gasteiger partial charge is 0.393 e. The van der Waals surface area contributed by atoms with Crippen molar-refractivity contribution in [2.75, 3.05) is 0 Å². The smallest absolute Gasteiger partial charge is 0.141 e. The minimum atomic E-state index is -0.633. The number of Topliss-reactive ketones (excluding diaryl/α,β-unsaturated/α-hetero) is 1. The van der Waals surface area contributed by atoms with Crippen molar-refractivity contribution in [3.63, 3.8) is 0 Å². The van der Waals surface area contributed by atoms with Crippen LogP contribution in [0.25, 0.3) is 0 Å². The van der Waals surface area contributed by atoms with E-state index in [1.807, 2.05) is 13.0 Å². The van der Waals surface area contributed by atoms with E-state index < -0.39 is 11.5 Å². The van der Waals surface area contributed by atoms with Gasteiger partial charge in [0.1, 0.15) is 5.78 Å². The van der Waals surface area contributed by atoms with Gasteiger partial charge in [0.25, 0.3) is 0 Å². The number of carbonyl (C=O) groups excluding carboxylic acids is 1. The fraction of sp³-hybridized carbons (Fsp3) is 0.710. The average Bonchev–Trinajstić information content (AvgIpc) is 3.54. The number of carbonyl (C=O) groups is 1. The summed E-state index contributed by atoms with van der Waals surface area (Å²) in [5.41, 5.74) is 3.79. The van der Waals surface area contributed by atoms with Crippen LogP contribution in [0.2, 0.25) is 0 Å². The first-order valence-electron chi connectivity index (χ1n) is 13.9. The van der Waals surface area contributed by atoms with Gasteiger partial charge in [0, 0.05) is 6.42 Å². The third-order valence-electron chi connectivity index (χ3n) is 9.84. The Morgan fingerprint density at radius 1 is 1.15 bits per heavy atom. The molecule has 4 fully saturated rings. The lowest BCUT2D eigenvalue weighted by molar-refractivity contribution is -0.127. The van der Waals surface area contributed by atoms with E-state index in [4.69, 9.17) is 0 Å². The zero-order valence-electron chi connectivity index (χ0n) is 21.7. The molecule has 2 N–H and O–H groups in total. The molecule has 34 heavy (non-hydrogen) atoms. The summed E-state index contributed by atoms with van der Waals surface area (Å²) in [4.78, 5) is 12.5. The Balaban J connectivity index is 1.45. The Bertz CT molecular complexity index is 873. The Labute approximate surface area is 207 Å². The molecule has 4 aliphatic carbocycles. The minimum absolute atomic E-state index is 0.224. The number of rotatable bonds is 8. The van der Waals surface area contributed by atoms with Gasteiger partial charge in [-0.25, -0.2) is 0 Å². The van der Waals surface area contributed by atoms with Crippen LogP contribution in [0.5, 0.6) is 0 Å². The highest BCUT2D eigenvalue weighted by molar-refractivity contribution is 5.88. The number of aliphatic hydroxyl groups is 2. The normalized spacial score (nSPS) is 37.2. The highest BCUT2D eigenvalue weighted by Crippen LogP contribution is 2.59. The minimum Gasteiger partial charge on any atom is -0.393 e. The van der Waals surface area contributed by atoms with Crippen molar-refractivity contribution in [2.45, 2.75) is 110 Å². The Morgan fingerprint density at radius 3 is 2.62 bits per heavy atom. The summed E-state index contributed by atoms with van der Waals surface area (Å²) in [6.07, 6.45) is 19.6. The van der Waals surface area contributed by atoms with Gasteiger partial charge in [-0.05, 0) is 99.4 Å². The van der Waals surface area contributed by atoms with Crippen LogP contribution in [0, 0.1) is 28.6 Å². The van der Waals surface area contributed by atoms with Crippen LogP contribution in [-0.2, 0) is 4.79 Å². The first-order valence-corrected chi connectivity index (χ1v) is 13.9. The standard InChI is InChI=1S/C31H46O3/c1-5-7-28(33)31(18-19-31)29(34)16-10-22(3)26-14-15-27-23(8-6-17-30(26,27)4)11-12-24-20-25(32)13-9-21(24)2/h10-12,16,22,25-27,29,32,34H,2,5-9,13-15,17-20H2,1,3-4H3/t22-,25+,26-,27+,29+,30-/m1/s1. The van der Waals surface area contributed by atoms with Gasteiger partial charge < -0.3 is 10.2 Å². The van der Waals surface area contributed by atoms with E-state index in [2.05, 4.69) is 38.7 Å². The molecule has 4 saturated carbocycles. The number of fused-ring (bicyclic) bond motifs is 1. The highest BCUT2D eigenvalue weighted by atomic mass is 16.3. The first kappa shape index (κ1) is 25.6. The predicted octanol–water partition coefficient (Wildman–Crippen LogP) is 6.86. The molecule has 0 amide bonds. The SMILES string of the molecule is C=C1CC[C@H](O)CC1=CC=C1CCC[C@]2(C)[C@@H]([C@H](C)C=C[C@H](O)C3(C(=O)CCC)CC3)CC[C@@H]12. The maximum absolute atomic E-state index is 12.5. The van der Waals surface area contributed by atoms with E-state index in [1.54, 1.807) is 5.57 Å². The maximum atomic E-state index is 12.5. The molecule has 0 spiro atoms. The molecular formula is C31H46O3. The van der Waals surface area contributed by atoms with Gasteiger partial charge in [0.05, 0.1) is 17.6 Å². The van der Waals surface area contributed by atoms with Crippen molar-refractivity contribution >= 4 is 5.78 Å². The molecule has 4 rings (SSSR count).